The van der Waals surface area contributed by atoms with Crippen molar-refractivity contribution < 1.29 is 14.6 Å². The number of carboxylic acids is 1. The molecule has 0 aliphatic rings. The number of aryl methyl sites for hydroxylation is 2. The normalized spacial score (nSPS) is 10.8. The summed E-state index contributed by atoms with van der Waals surface area (Å²) in [7, 11) is 0. The van der Waals surface area contributed by atoms with Crippen LogP contribution in [0, 0.1) is 0 Å². The van der Waals surface area contributed by atoms with Gasteiger partial charge in [0.15, 0.2) is 0 Å². The van der Waals surface area contributed by atoms with E-state index in [4.69, 9.17) is 33.0 Å². The molecule has 1 N–H and O–H groups in total. The van der Waals surface area contributed by atoms with Gasteiger partial charge in [-0.15, -0.1) is 0 Å². The summed E-state index contributed by atoms with van der Waals surface area (Å²) in [6.07, 6.45) is 2.40. The first kappa shape index (κ1) is 22.9. The minimum Gasteiger partial charge on any atom is -0.487 e. The maximum atomic E-state index is 12.7. The minimum absolute atomic E-state index is 0.0429. The molecule has 5 nitrogen and oxygen atoms in total. The van der Waals surface area contributed by atoms with E-state index < -0.39 is 5.97 Å². The van der Waals surface area contributed by atoms with Gasteiger partial charge < -0.3 is 14.4 Å². The van der Waals surface area contributed by atoms with Crippen molar-refractivity contribution in [1.82, 2.24) is 4.57 Å². The molecular formula is C24H23Cl2NO4. The van der Waals surface area contributed by atoms with Crippen LogP contribution in [-0.2, 0) is 26.0 Å². The van der Waals surface area contributed by atoms with Crippen molar-refractivity contribution in [3.05, 3.63) is 97.4 Å². The van der Waals surface area contributed by atoms with Gasteiger partial charge in [-0.25, -0.2) is 4.79 Å². The van der Waals surface area contributed by atoms with Gasteiger partial charge >= 0.3 is 5.97 Å². The fourth-order valence-electron chi connectivity index (χ4n) is 3.34. The molecule has 0 amide bonds. The van der Waals surface area contributed by atoms with Crippen molar-refractivity contribution >= 4 is 29.2 Å². The molecule has 1 heterocycles. The highest BCUT2D eigenvalue weighted by Crippen LogP contribution is 2.24. The van der Waals surface area contributed by atoms with Gasteiger partial charge in [-0.2, -0.15) is 0 Å². The van der Waals surface area contributed by atoms with E-state index in [1.807, 2.05) is 24.3 Å². The Balaban J connectivity index is 1.83. The van der Waals surface area contributed by atoms with Gasteiger partial charge in [-0.1, -0.05) is 66.9 Å². The smallest absolute Gasteiger partial charge is 0.335 e. The first-order chi connectivity index (χ1) is 14.9. The zero-order chi connectivity index (χ0) is 22.4. The molecule has 3 aromatic rings. The molecule has 2 aromatic carbocycles. The molecule has 162 valence electrons. The Kier molecular flexibility index (Phi) is 7.77. The van der Waals surface area contributed by atoms with E-state index in [0.717, 1.165) is 29.7 Å². The summed E-state index contributed by atoms with van der Waals surface area (Å²) >= 11 is 12.5. The van der Waals surface area contributed by atoms with Crippen LogP contribution in [0.4, 0.5) is 0 Å². The van der Waals surface area contributed by atoms with Crippen LogP contribution in [0.5, 0.6) is 5.75 Å². The van der Waals surface area contributed by atoms with Crippen LogP contribution in [0.3, 0.4) is 0 Å². The van der Waals surface area contributed by atoms with E-state index in [-0.39, 0.29) is 22.8 Å². The number of ether oxygens (including phenoxy) is 1. The van der Waals surface area contributed by atoms with Crippen LogP contribution >= 0.6 is 23.2 Å². The van der Waals surface area contributed by atoms with Crippen LogP contribution in [0.25, 0.3) is 0 Å². The molecule has 0 saturated carbocycles. The van der Waals surface area contributed by atoms with Gasteiger partial charge in [-0.3, -0.25) is 4.79 Å². The second-order valence-corrected chi connectivity index (χ2v) is 7.96. The second kappa shape index (κ2) is 10.5. The average Bonchev–Trinajstić information content (AvgIpc) is 2.76. The molecule has 31 heavy (non-hydrogen) atoms. The molecule has 0 aliphatic heterocycles. The molecule has 0 saturated heterocycles. The summed E-state index contributed by atoms with van der Waals surface area (Å²) in [5.74, 6) is -0.217. The lowest BCUT2D eigenvalue weighted by atomic mass is 10.1. The molecule has 0 atom stereocenters. The number of aromatic carboxylic acids is 1. The molecule has 7 heteroatoms. The summed E-state index contributed by atoms with van der Waals surface area (Å²) in [5, 5.41) is 9.44. The van der Waals surface area contributed by atoms with Crippen molar-refractivity contribution in [2.45, 2.75) is 39.3 Å². The van der Waals surface area contributed by atoms with Crippen molar-refractivity contribution in [1.29, 1.82) is 0 Å². The number of hydrogen-bond donors (Lipinski definition) is 1. The Morgan fingerprint density at radius 1 is 1.03 bits per heavy atom. The predicted molar refractivity (Wildman–Crippen MR) is 123 cm³/mol. The van der Waals surface area contributed by atoms with Gasteiger partial charge in [-0.05, 0) is 48.2 Å². The lowest BCUT2D eigenvalue weighted by Crippen LogP contribution is -2.26. The lowest BCUT2D eigenvalue weighted by molar-refractivity contribution is 0.0697. The van der Waals surface area contributed by atoms with E-state index >= 15 is 0 Å². The number of para-hydroxylation sites is 1. The SMILES string of the molecule is CCCc1ccccc1OCc1c(Cl)cc(Cl)c(=O)n1CCc1ccc(C(=O)O)cc1. The average molecular weight is 460 g/mol. The molecule has 1 aromatic heterocycles. The molecule has 0 aliphatic carbocycles. The van der Waals surface area contributed by atoms with Crippen molar-refractivity contribution in [2.24, 2.45) is 0 Å². The number of aromatic nitrogens is 1. The molecule has 3 rings (SSSR count). The largest absolute Gasteiger partial charge is 0.487 e. The summed E-state index contributed by atoms with van der Waals surface area (Å²) in [4.78, 5) is 23.7. The Morgan fingerprint density at radius 2 is 1.74 bits per heavy atom. The topological polar surface area (TPSA) is 68.5 Å². The van der Waals surface area contributed by atoms with Crippen molar-refractivity contribution in [2.75, 3.05) is 0 Å². The number of carboxylic acid groups (broad SMARTS) is 1. The summed E-state index contributed by atoms with van der Waals surface area (Å²) < 4.78 is 7.56. The number of benzene rings is 2. The first-order valence-corrected chi connectivity index (χ1v) is 10.8. The van der Waals surface area contributed by atoms with Gasteiger partial charge in [0.1, 0.15) is 17.4 Å². The fraction of sp³-hybridized carbons (Fsp3) is 0.250. The van der Waals surface area contributed by atoms with E-state index in [1.165, 1.54) is 10.6 Å². The molecule has 0 spiro atoms. The van der Waals surface area contributed by atoms with E-state index in [1.54, 1.807) is 24.3 Å². The Bertz CT molecular complexity index is 1120. The number of nitrogens with zero attached hydrogens (tertiary/aromatic N) is 1. The summed E-state index contributed by atoms with van der Waals surface area (Å²) in [6, 6.07) is 15.8. The summed E-state index contributed by atoms with van der Waals surface area (Å²) in [6.45, 7) is 2.57. The van der Waals surface area contributed by atoms with E-state index in [9.17, 15) is 9.59 Å². The first-order valence-electron chi connectivity index (χ1n) is 10.0. The maximum Gasteiger partial charge on any atom is 0.335 e. The number of rotatable bonds is 9. The second-order valence-electron chi connectivity index (χ2n) is 7.14. The third kappa shape index (κ3) is 5.69. The van der Waals surface area contributed by atoms with Crippen molar-refractivity contribution in [3.8, 4) is 5.75 Å². The number of halogens is 2. The van der Waals surface area contributed by atoms with Gasteiger partial charge in [0.05, 0.1) is 16.3 Å². The minimum atomic E-state index is -0.979. The number of carbonyl (C=O) groups is 1. The number of hydrogen-bond acceptors (Lipinski definition) is 3. The van der Waals surface area contributed by atoms with E-state index in [0.29, 0.717) is 23.7 Å². The highest BCUT2D eigenvalue weighted by Gasteiger charge is 2.15. The monoisotopic (exact) mass is 459 g/mol. The fourth-order valence-corrected chi connectivity index (χ4v) is 3.87. The third-order valence-corrected chi connectivity index (χ3v) is 5.58. The lowest BCUT2D eigenvalue weighted by Gasteiger charge is -2.17. The molecule has 0 unspecified atom stereocenters. The highest BCUT2D eigenvalue weighted by atomic mass is 35.5. The molecule has 0 fully saturated rings. The highest BCUT2D eigenvalue weighted by molar-refractivity contribution is 6.34. The van der Waals surface area contributed by atoms with Gasteiger partial charge in [0, 0.05) is 6.54 Å². The van der Waals surface area contributed by atoms with Crippen LogP contribution in [0.1, 0.15) is 40.5 Å². The van der Waals surface area contributed by atoms with Crippen molar-refractivity contribution in [3.63, 3.8) is 0 Å². The van der Waals surface area contributed by atoms with Crippen LogP contribution in [0.2, 0.25) is 10.0 Å². The van der Waals surface area contributed by atoms with Crippen LogP contribution in [-0.4, -0.2) is 15.6 Å². The molecule has 0 radical (unpaired) electrons. The summed E-state index contributed by atoms with van der Waals surface area (Å²) in [5.41, 5.74) is 2.42. The van der Waals surface area contributed by atoms with E-state index in [2.05, 4.69) is 6.92 Å². The quantitative estimate of drug-likeness (QED) is 0.450. The molecular weight excluding hydrogens is 437 g/mol. The Morgan fingerprint density at radius 3 is 2.42 bits per heavy atom. The Labute approximate surface area is 190 Å². The Hall–Kier alpha value is -2.76. The van der Waals surface area contributed by atoms with Crippen LogP contribution < -0.4 is 10.3 Å². The standard InChI is InChI=1S/C24H23Cl2NO4/c1-2-5-17-6-3-4-7-22(17)31-15-21-19(25)14-20(26)23(28)27(21)13-12-16-8-10-18(11-9-16)24(29)30/h3-4,6-11,14H,2,5,12-13,15H2,1H3,(H,29,30). The van der Waals surface area contributed by atoms with Gasteiger partial charge in [0.25, 0.3) is 5.56 Å². The molecule has 0 bridgehead atoms. The zero-order valence-corrected chi connectivity index (χ0v) is 18.6. The zero-order valence-electron chi connectivity index (χ0n) is 17.1. The van der Waals surface area contributed by atoms with Gasteiger partial charge in [0.2, 0.25) is 0 Å². The predicted octanol–water partition coefficient (Wildman–Crippen LogP) is 5.63. The number of pyridine rings is 1. The van der Waals surface area contributed by atoms with Crippen LogP contribution in [0.15, 0.2) is 59.4 Å². The maximum absolute atomic E-state index is 12.7. The third-order valence-electron chi connectivity index (χ3n) is 4.99.